The Balaban J connectivity index is 1.79. The average Bonchev–Trinajstić information content (AvgIpc) is 3.12. The minimum absolute atomic E-state index is 0.252. The summed E-state index contributed by atoms with van der Waals surface area (Å²) in [6.45, 7) is 6.17. The molecule has 0 aliphatic carbocycles. The number of aryl methyl sites for hydroxylation is 1. The maximum Gasteiger partial charge on any atom is 0.261 e. The SMILES string of the molecule is Cc1ccc(S(=O)(=O)Nc2ccccc2C(C)(C)c2c[nH]c3ccc(I)cc23)cc1. The minimum atomic E-state index is -3.69. The smallest absolute Gasteiger partial charge is 0.261 e. The first-order valence-corrected chi connectivity index (χ1v) is 12.2. The number of hydrogen-bond acceptors (Lipinski definition) is 2. The molecule has 3 aromatic carbocycles. The number of anilines is 1. The summed E-state index contributed by atoms with van der Waals surface area (Å²) in [7, 11) is -3.69. The lowest BCUT2D eigenvalue weighted by Crippen LogP contribution is -2.22. The fourth-order valence-electron chi connectivity index (χ4n) is 3.79. The molecule has 30 heavy (non-hydrogen) atoms. The van der Waals surface area contributed by atoms with Crippen molar-refractivity contribution in [3.63, 3.8) is 0 Å². The van der Waals surface area contributed by atoms with Crippen molar-refractivity contribution in [2.45, 2.75) is 31.1 Å². The number of aromatic nitrogens is 1. The third-order valence-electron chi connectivity index (χ3n) is 5.49. The summed E-state index contributed by atoms with van der Waals surface area (Å²) in [5.74, 6) is 0. The standard InChI is InChI=1S/C24H23IN2O2S/c1-16-8-11-18(12-9-16)30(28,29)27-23-7-5-4-6-20(23)24(2,3)21-15-26-22-13-10-17(25)14-19(21)22/h4-15,26-27H,1-3H3. The maximum atomic E-state index is 13.0. The van der Waals surface area contributed by atoms with Crippen LogP contribution in [0.2, 0.25) is 0 Å². The number of sulfonamides is 1. The molecule has 4 rings (SSSR count). The summed E-state index contributed by atoms with van der Waals surface area (Å²) >= 11 is 2.31. The Bertz CT molecular complexity index is 1320. The number of nitrogens with one attached hydrogen (secondary N) is 2. The van der Waals surface area contributed by atoms with Gasteiger partial charge in [0.15, 0.2) is 0 Å². The fraction of sp³-hybridized carbons (Fsp3) is 0.167. The van der Waals surface area contributed by atoms with E-state index in [2.05, 4.69) is 64.3 Å². The molecular formula is C24H23IN2O2S. The lowest BCUT2D eigenvalue weighted by atomic mass is 9.77. The Hall–Kier alpha value is -2.32. The molecule has 1 aromatic heterocycles. The van der Waals surface area contributed by atoms with E-state index in [9.17, 15) is 8.42 Å². The third-order valence-corrected chi connectivity index (χ3v) is 7.55. The summed E-state index contributed by atoms with van der Waals surface area (Å²) in [5, 5.41) is 1.14. The molecule has 6 heteroatoms. The highest BCUT2D eigenvalue weighted by Gasteiger charge is 2.30. The largest absolute Gasteiger partial charge is 0.361 e. The Morgan fingerprint density at radius 3 is 2.37 bits per heavy atom. The van der Waals surface area contributed by atoms with Crippen molar-refractivity contribution < 1.29 is 8.42 Å². The van der Waals surface area contributed by atoms with Gasteiger partial charge in [0.1, 0.15) is 0 Å². The molecule has 0 aliphatic rings. The molecule has 0 amide bonds. The predicted molar refractivity (Wildman–Crippen MR) is 132 cm³/mol. The van der Waals surface area contributed by atoms with Crippen molar-refractivity contribution in [3.05, 3.63) is 93.2 Å². The van der Waals surface area contributed by atoms with Crippen LogP contribution in [0.1, 0.15) is 30.5 Å². The van der Waals surface area contributed by atoms with Crippen molar-refractivity contribution >= 4 is 49.2 Å². The highest BCUT2D eigenvalue weighted by molar-refractivity contribution is 14.1. The van der Waals surface area contributed by atoms with Gasteiger partial charge in [-0.15, -0.1) is 0 Å². The minimum Gasteiger partial charge on any atom is -0.361 e. The molecule has 0 unspecified atom stereocenters. The van der Waals surface area contributed by atoms with Crippen molar-refractivity contribution in [2.24, 2.45) is 0 Å². The van der Waals surface area contributed by atoms with Crippen LogP contribution in [0, 0.1) is 10.5 Å². The zero-order valence-electron chi connectivity index (χ0n) is 17.0. The van der Waals surface area contributed by atoms with Crippen LogP contribution in [0.15, 0.2) is 77.8 Å². The van der Waals surface area contributed by atoms with Crippen LogP contribution in [-0.4, -0.2) is 13.4 Å². The van der Waals surface area contributed by atoms with E-state index in [1.807, 2.05) is 37.4 Å². The molecule has 0 spiro atoms. The van der Waals surface area contributed by atoms with Crippen molar-refractivity contribution in [1.82, 2.24) is 4.98 Å². The number of para-hydroxylation sites is 1. The Morgan fingerprint density at radius 2 is 1.63 bits per heavy atom. The van der Waals surface area contributed by atoms with E-state index >= 15 is 0 Å². The first kappa shape index (κ1) is 20.9. The van der Waals surface area contributed by atoms with Gasteiger partial charge in [0, 0.05) is 26.1 Å². The molecular weight excluding hydrogens is 507 g/mol. The number of aromatic amines is 1. The first-order valence-electron chi connectivity index (χ1n) is 9.64. The Morgan fingerprint density at radius 1 is 0.933 bits per heavy atom. The molecule has 0 saturated heterocycles. The first-order chi connectivity index (χ1) is 14.2. The monoisotopic (exact) mass is 530 g/mol. The zero-order chi connectivity index (χ0) is 21.5. The fourth-order valence-corrected chi connectivity index (χ4v) is 5.36. The quantitative estimate of drug-likeness (QED) is 0.302. The highest BCUT2D eigenvalue weighted by Crippen LogP contribution is 2.40. The van der Waals surface area contributed by atoms with Crippen molar-refractivity contribution in [2.75, 3.05) is 4.72 Å². The lowest BCUT2D eigenvalue weighted by molar-refractivity contribution is 0.600. The summed E-state index contributed by atoms with van der Waals surface area (Å²) in [4.78, 5) is 3.60. The van der Waals surface area contributed by atoms with Crippen LogP contribution < -0.4 is 4.72 Å². The van der Waals surface area contributed by atoms with Gasteiger partial charge in [0.25, 0.3) is 10.0 Å². The second-order valence-electron chi connectivity index (χ2n) is 7.98. The van der Waals surface area contributed by atoms with Gasteiger partial charge in [-0.3, -0.25) is 4.72 Å². The van der Waals surface area contributed by atoms with E-state index in [-0.39, 0.29) is 4.90 Å². The van der Waals surface area contributed by atoms with Crippen LogP contribution in [0.3, 0.4) is 0 Å². The van der Waals surface area contributed by atoms with Crippen LogP contribution in [0.25, 0.3) is 10.9 Å². The number of rotatable bonds is 5. The van der Waals surface area contributed by atoms with Gasteiger partial charge in [0.05, 0.1) is 10.6 Å². The molecule has 0 aliphatic heterocycles. The van der Waals surface area contributed by atoms with E-state index in [1.165, 1.54) is 0 Å². The molecule has 154 valence electrons. The summed E-state index contributed by atoms with van der Waals surface area (Å²) < 4.78 is 30.0. The molecule has 4 nitrogen and oxygen atoms in total. The van der Waals surface area contributed by atoms with E-state index in [4.69, 9.17) is 0 Å². The summed E-state index contributed by atoms with van der Waals surface area (Å²) in [6, 6.07) is 20.8. The van der Waals surface area contributed by atoms with Crippen LogP contribution >= 0.6 is 22.6 Å². The van der Waals surface area contributed by atoms with E-state index in [0.717, 1.165) is 31.2 Å². The zero-order valence-corrected chi connectivity index (χ0v) is 20.0. The number of fused-ring (bicyclic) bond motifs is 1. The summed E-state index contributed by atoms with van der Waals surface area (Å²) in [6.07, 6.45) is 2.02. The molecule has 4 aromatic rings. The molecule has 0 saturated carbocycles. The number of halogens is 1. The topological polar surface area (TPSA) is 62.0 Å². The Kier molecular flexibility index (Phi) is 5.40. The highest BCUT2D eigenvalue weighted by atomic mass is 127. The molecule has 1 heterocycles. The lowest BCUT2D eigenvalue weighted by Gasteiger charge is -2.28. The van der Waals surface area contributed by atoms with E-state index in [1.54, 1.807) is 24.3 Å². The third kappa shape index (κ3) is 3.86. The second-order valence-corrected chi connectivity index (χ2v) is 10.9. The van der Waals surface area contributed by atoms with Crippen LogP contribution in [-0.2, 0) is 15.4 Å². The molecule has 0 radical (unpaired) electrons. The van der Waals surface area contributed by atoms with Gasteiger partial charge in [-0.1, -0.05) is 49.7 Å². The average molecular weight is 530 g/mol. The molecule has 0 bridgehead atoms. The van der Waals surface area contributed by atoms with Gasteiger partial charge in [0.2, 0.25) is 0 Å². The van der Waals surface area contributed by atoms with Gasteiger partial charge >= 0.3 is 0 Å². The van der Waals surface area contributed by atoms with Crippen LogP contribution in [0.5, 0.6) is 0 Å². The van der Waals surface area contributed by atoms with Gasteiger partial charge < -0.3 is 4.98 Å². The molecule has 0 atom stereocenters. The predicted octanol–water partition coefficient (Wildman–Crippen LogP) is 6.21. The van der Waals surface area contributed by atoms with Crippen LogP contribution in [0.4, 0.5) is 5.69 Å². The van der Waals surface area contributed by atoms with Gasteiger partial charge in [-0.25, -0.2) is 8.42 Å². The Labute approximate surface area is 190 Å². The van der Waals surface area contributed by atoms with E-state index in [0.29, 0.717) is 5.69 Å². The molecule has 2 N–H and O–H groups in total. The van der Waals surface area contributed by atoms with Gasteiger partial charge in [-0.2, -0.15) is 0 Å². The van der Waals surface area contributed by atoms with Crippen molar-refractivity contribution in [3.8, 4) is 0 Å². The van der Waals surface area contributed by atoms with Gasteiger partial charge in [-0.05, 0) is 77.0 Å². The van der Waals surface area contributed by atoms with Crippen molar-refractivity contribution in [1.29, 1.82) is 0 Å². The summed E-state index contributed by atoms with van der Waals surface area (Å²) in [5.41, 5.74) is 4.29. The number of H-pyrrole nitrogens is 1. The normalized spacial score (nSPS) is 12.3. The second kappa shape index (κ2) is 7.74. The molecule has 0 fully saturated rings. The number of hydrogen-bond donors (Lipinski definition) is 2. The maximum absolute atomic E-state index is 13.0. The number of benzene rings is 3. The van der Waals surface area contributed by atoms with E-state index < -0.39 is 15.4 Å².